The van der Waals surface area contributed by atoms with Crippen molar-refractivity contribution >= 4 is 67.6 Å². The van der Waals surface area contributed by atoms with E-state index < -0.39 is 30.0 Å². The van der Waals surface area contributed by atoms with E-state index in [0.29, 0.717) is 64.5 Å². The first-order valence-corrected chi connectivity index (χ1v) is 18.5. The van der Waals surface area contributed by atoms with Gasteiger partial charge in [-0.25, -0.2) is 0 Å². The van der Waals surface area contributed by atoms with Gasteiger partial charge in [0.2, 0.25) is 23.8 Å². The van der Waals surface area contributed by atoms with Gasteiger partial charge in [-0.2, -0.15) is 46.7 Å². The van der Waals surface area contributed by atoms with Gasteiger partial charge in [-0.3, -0.25) is 9.11 Å². The molecule has 276 valence electrons. The molecule has 0 radical (unpaired) electrons. The van der Waals surface area contributed by atoms with Crippen LogP contribution in [0.25, 0.3) is 12.2 Å². The summed E-state index contributed by atoms with van der Waals surface area (Å²) >= 11 is 0. The zero-order valence-corrected chi connectivity index (χ0v) is 29.5. The van der Waals surface area contributed by atoms with E-state index in [1.54, 1.807) is 0 Å². The minimum absolute atomic E-state index is 0.00620. The van der Waals surface area contributed by atoms with Gasteiger partial charge in [0.1, 0.15) is 9.79 Å². The molecule has 2 aliphatic heterocycles. The number of nitrogens with zero attached hydrogens (tertiary/aromatic N) is 8. The summed E-state index contributed by atoms with van der Waals surface area (Å²) in [7, 11) is -6.80. The summed E-state index contributed by atoms with van der Waals surface area (Å²) in [5, 5.41) is 5.81. The highest BCUT2D eigenvalue weighted by Gasteiger charge is 2.21. The molecule has 2 aromatic heterocycles. The van der Waals surface area contributed by atoms with E-state index in [-0.39, 0.29) is 46.4 Å². The van der Waals surface area contributed by atoms with Crippen LogP contribution in [0, 0.1) is 0 Å². The number of nitrogens with one attached hydrogen (secondary N) is 2. The molecule has 2 fully saturated rings. The maximum Gasteiger partial charge on any atom is 0.322 e. The number of methoxy groups -OCH3 is 2. The van der Waals surface area contributed by atoms with Gasteiger partial charge in [0, 0.05) is 37.6 Å². The molecule has 4 heterocycles. The Morgan fingerprint density at radius 2 is 1.02 bits per heavy atom. The van der Waals surface area contributed by atoms with Gasteiger partial charge >= 0.3 is 12.0 Å². The van der Waals surface area contributed by atoms with E-state index in [0.717, 1.165) is 12.1 Å². The highest BCUT2D eigenvalue weighted by Crippen LogP contribution is 2.29. The molecule has 4 aromatic rings. The van der Waals surface area contributed by atoms with Crippen LogP contribution in [-0.4, -0.2) is 123 Å². The van der Waals surface area contributed by atoms with Gasteiger partial charge in [0.25, 0.3) is 20.2 Å². The van der Waals surface area contributed by atoms with Crippen molar-refractivity contribution in [1.29, 1.82) is 0 Å². The SMILES string of the molecule is COc1nc(Nc2ccc(/C=C/c3ccc(Nc4nc(OC)nc(N5CCOCC5)n4)cc3S(=O)(=O)O)c(S(=O)(=O)O)c2)nc(N2CCOCC2)n1. The van der Waals surface area contributed by atoms with E-state index in [1.807, 2.05) is 9.80 Å². The number of aromatic nitrogens is 6. The monoisotopic (exact) mass is 758 g/mol. The molecule has 0 atom stereocenters. The number of hydrogen-bond donors (Lipinski definition) is 4. The van der Waals surface area contributed by atoms with Crippen molar-refractivity contribution in [3.05, 3.63) is 47.5 Å². The Balaban J connectivity index is 1.27. The van der Waals surface area contributed by atoms with Crippen molar-refractivity contribution in [2.24, 2.45) is 0 Å². The summed E-state index contributed by atoms with van der Waals surface area (Å²) in [6.07, 6.45) is 2.55. The number of ether oxygens (including phenoxy) is 4. The van der Waals surface area contributed by atoms with Crippen LogP contribution < -0.4 is 29.9 Å². The predicted octanol–water partition coefficient (Wildman–Crippen LogP) is 1.90. The summed E-state index contributed by atoms with van der Waals surface area (Å²) < 4.78 is 91.3. The number of morpholine rings is 2. The average molecular weight is 759 g/mol. The van der Waals surface area contributed by atoms with Crippen molar-refractivity contribution in [1.82, 2.24) is 29.9 Å². The van der Waals surface area contributed by atoms with Crippen LogP contribution in [0.1, 0.15) is 11.1 Å². The summed E-state index contributed by atoms with van der Waals surface area (Å²) in [6, 6.07) is 8.13. The maximum absolute atomic E-state index is 12.5. The largest absolute Gasteiger partial charge is 0.467 e. The molecular weight excluding hydrogens is 725 g/mol. The van der Waals surface area contributed by atoms with Gasteiger partial charge in [-0.1, -0.05) is 24.3 Å². The lowest BCUT2D eigenvalue weighted by Gasteiger charge is -2.26. The molecule has 4 N–H and O–H groups in total. The molecule has 0 bridgehead atoms. The summed E-state index contributed by atoms with van der Waals surface area (Å²) in [4.78, 5) is 28.5. The molecule has 0 unspecified atom stereocenters. The third-order valence-electron chi connectivity index (χ3n) is 7.70. The second-order valence-electron chi connectivity index (χ2n) is 11.1. The second kappa shape index (κ2) is 15.5. The highest BCUT2D eigenvalue weighted by atomic mass is 32.2. The average Bonchev–Trinajstić information content (AvgIpc) is 3.14. The third kappa shape index (κ3) is 8.96. The summed E-state index contributed by atoms with van der Waals surface area (Å²) in [5.74, 6) is 0.761. The molecule has 22 heteroatoms. The minimum Gasteiger partial charge on any atom is -0.467 e. The first kappa shape index (κ1) is 36.5. The Morgan fingerprint density at radius 3 is 1.37 bits per heavy atom. The lowest BCUT2D eigenvalue weighted by Crippen LogP contribution is -2.37. The molecule has 52 heavy (non-hydrogen) atoms. The van der Waals surface area contributed by atoms with Crippen molar-refractivity contribution in [3.8, 4) is 12.0 Å². The Bertz CT molecular complexity index is 2030. The van der Waals surface area contributed by atoms with Crippen molar-refractivity contribution in [2.45, 2.75) is 9.79 Å². The standard InChI is InChI=1S/C30H34N10O10S2/c1-47-29-35-25(33-27(37-29)39-9-13-49-14-10-39)31-21-7-5-19(23(17-21)51(41,42)43)3-4-20-6-8-22(18-24(20)52(44,45)46)32-26-34-28(38-30(36-26)48-2)40-11-15-50-16-12-40/h3-8,17-18H,9-16H2,1-2H3,(H,41,42,43)(H,44,45,46)(H,31,33,35,37)(H,32,34,36,38)/b4-3+. The summed E-state index contributed by atoms with van der Waals surface area (Å²) in [5.41, 5.74) is 0.414. The van der Waals surface area contributed by atoms with Crippen LogP contribution in [0.5, 0.6) is 12.0 Å². The Hall–Kier alpha value is -5.26. The van der Waals surface area contributed by atoms with E-state index in [4.69, 9.17) is 18.9 Å². The third-order valence-corrected chi connectivity index (χ3v) is 9.52. The van der Waals surface area contributed by atoms with Crippen LogP contribution in [0.15, 0.2) is 46.2 Å². The molecule has 6 rings (SSSR count). The lowest BCUT2D eigenvalue weighted by atomic mass is 10.1. The quantitative estimate of drug-likeness (QED) is 0.119. The van der Waals surface area contributed by atoms with Crippen LogP contribution in [0.3, 0.4) is 0 Å². The Morgan fingerprint density at radius 1 is 0.635 bits per heavy atom. The number of hydrogen-bond acceptors (Lipinski definition) is 18. The van der Waals surface area contributed by atoms with E-state index >= 15 is 0 Å². The predicted molar refractivity (Wildman–Crippen MR) is 187 cm³/mol. The zero-order valence-electron chi connectivity index (χ0n) is 27.8. The van der Waals surface area contributed by atoms with E-state index in [1.165, 1.54) is 50.6 Å². The van der Waals surface area contributed by atoms with Crippen LogP contribution >= 0.6 is 0 Å². The smallest absolute Gasteiger partial charge is 0.322 e. The van der Waals surface area contributed by atoms with Crippen LogP contribution in [-0.2, 0) is 29.7 Å². The zero-order chi connectivity index (χ0) is 36.9. The number of rotatable bonds is 12. The second-order valence-corrected chi connectivity index (χ2v) is 13.9. The van der Waals surface area contributed by atoms with E-state index in [9.17, 15) is 25.9 Å². The Labute approximate surface area is 298 Å². The van der Waals surface area contributed by atoms with Crippen molar-refractivity contribution in [3.63, 3.8) is 0 Å². The summed E-state index contributed by atoms with van der Waals surface area (Å²) in [6.45, 7) is 4.14. The molecule has 0 amide bonds. The van der Waals surface area contributed by atoms with Gasteiger partial charge in [-0.15, -0.1) is 0 Å². The topological polar surface area (TPSA) is 254 Å². The minimum atomic E-state index is -4.80. The first-order chi connectivity index (χ1) is 24.9. The molecule has 0 saturated carbocycles. The highest BCUT2D eigenvalue weighted by molar-refractivity contribution is 7.86. The van der Waals surface area contributed by atoms with Crippen molar-refractivity contribution < 1.29 is 44.9 Å². The molecule has 2 aliphatic rings. The van der Waals surface area contributed by atoms with Gasteiger partial charge in [0.05, 0.1) is 40.6 Å². The fourth-order valence-electron chi connectivity index (χ4n) is 5.18. The van der Waals surface area contributed by atoms with Crippen LogP contribution in [0.2, 0.25) is 0 Å². The molecular formula is C30H34N10O10S2. The fourth-order valence-corrected chi connectivity index (χ4v) is 6.60. The maximum atomic E-state index is 12.5. The van der Waals surface area contributed by atoms with Gasteiger partial charge in [-0.05, 0) is 35.4 Å². The van der Waals surface area contributed by atoms with Crippen molar-refractivity contribution in [2.75, 3.05) is 87.3 Å². The molecule has 20 nitrogen and oxygen atoms in total. The fraction of sp³-hybridized carbons (Fsp3) is 0.333. The Kier molecular flexibility index (Phi) is 10.9. The van der Waals surface area contributed by atoms with Crippen LogP contribution in [0.4, 0.5) is 35.2 Å². The van der Waals surface area contributed by atoms with Gasteiger partial charge < -0.3 is 39.4 Å². The first-order valence-electron chi connectivity index (χ1n) is 15.6. The number of anilines is 6. The number of benzene rings is 2. The molecule has 0 aliphatic carbocycles. The lowest BCUT2D eigenvalue weighted by molar-refractivity contribution is 0.122. The molecule has 0 spiro atoms. The normalized spacial score (nSPS) is 15.5. The van der Waals surface area contributed by atoms with E-state index in [2.05, 4.69) is 40.5 Å². The van der Waals surface area contributed by atoms with Gasteiger partial charge in [0.15, 0.2) is 0 Å². The molecule has 2 saturated heterocycles. The molecule has 2 aromatic carbocycles.